The van der Waals surface area contributed by atoms with Gasteiger partial charge in [0.05, 0.1) is 5.54 Å². The van der Waals surface area contributed by atoms with E-state index in [1.807, 2.05) is 24.8 Å². The third kappa shape index (κ3) is 2.04. The van der Waals surface area contributed by atoms with Gasteiger partial charge in [-0.1, -0.05) is 31.0 Å². The normalized spacial score (nSPS) is 25.0. The Hall–Kier alpha value is -1.84. The van der Waals surface area contributed by atoms with Gasteiger partial charge in [0.25, 0.3) is 5.91 Å². The molecule has 1 fully saturated rings. The first-order valence-corrected chi connectivity index (χ1v) is 7.60. The van der Waals surface area contributed by atoms with Crippen LogP contribution in [-0.4, -0.2) is 33.5 Å². The van der Waals surface area contributed by atoms with Crippen LogP contribution in [0.15, 0.2) is 24.3 Å². The number of nitrogens with zero attached hydrogens (tertiary/aromatic N) is 1. The van der Waals surface area contributed by atoms with Gasteiger partial charge in [0.1, 0.15) is 5.92 Å². The van der Waals surface area contributed by atoms with E-state index in [0.717, 1.165) is 25.7 Å². The van der Waals surface area contributed by atoms with Crippen molar-refractivity contribution in [1.82, 2.24) is 4.90 Å². The number of rotatable bonds is 2. The number of hydrogen-bond acceptors (Lipinski definition) is 2. The molecule has 4 nitrogen and oxygen atoms in total. The number of benzene rings is 1. The molecule has 1 heterocycles. The fraction of sp³-hybridized carbons (Fsp3) is 0.529. The molecule has 0 radical (unpaired) electrons. The van der Waals surface area contributed by atoms with E-state index in [9.17, 15) is 14.7 Å². The van der Waals surface area contributed by atoms with Gasteiger partial charge in [0.2, 0.25) is 0 Å². The lowest BCUT2D eigenvalue weighted by Gasteiger charge is -2.49. The number of fused-ring (bicyclic) bond motifs is 1. The molecule has 1 aliphatic heterocycles. The van der Waals surface area contributed by atoms with Crippen LogP contribution in [0.2, 0.25) is 0 Å². The van der Waals surface area contributed by atoms with Gasteiger partial charge in [0.15, 0.2) is 0 Å². The Morgan fingerprint density at radius 1 is 1.24 bits per heavy atom. The van der Waals surface area contributed by atoms with Gasteiger partial charge in [-0.05, 0) is 38.3 Å². The summed E-state index contributed by atoms with van der Waals surface area (Å²) >= 11 is 0. The predicted molar refractivity (Wildman–Crippen MR) is 79.3 cm³/mol. The molecule has 1 aliphatic carbocycles. The molecule has 0 bridgehead atoms. The zero-order valence-electron chi connectivity index (χ0n) is 12.5. The topological polar surface area (TPSA) is 57.6 Å². The standard InChI is InChI=1S/C17H21NO3/c1-17(2)14(16(20)21)12-9-5-6-10-13(12)15(19)18(17)11-7-3-4-8-11/h5-6,9-11,14H,3-4,7-8H2,1-2H3,(H,20,21). The number of aliphatic carboxylic acids is 1. The average molecular weight is 287 g/mol. The van der Waals surface area contributed by atoms with E-state index in [-0.39, 0.29) is 11.9 Å². The van der Waals surface area contributed by atoms with Crippen LogP contribution in [0.25, 0.3) is 0 Å². The minimum Gasteiger partial charge on any atom is -0.481 e. The van der Waals surface area contributed by atoms with E-state index >= 15 is 0 Å². The van der Waals surface area contributed by atoms with E-state index in [0.29, 0.717) is 11.1 Å². The molecule has 112 valence electrons. The highest BCUT2D eigenvalue weighted by molar-refractivity contribution is 6.01. The summed E-state index contributed by atoms with van der Waals surface area (Å²) in [5.74, 6) is -1.55. The second-order valence-electron chi connectivity index (χ2n) is 6.63. The first-order chi connectivity index (χ1) is 9.94. The third-order valence-electron chi connectivity index (χ3n) is 4.99. The Morgan fingerprint density at radius 2 is 1.86 bits per heavy atom. The van der Waals surface area contributed by atoms with E-state index in [4.69, 9.17) is 0 Å². The van der Waals surface area contributed by atoms with Gasteiger partial charge in [0, 0.05) is 11.6 Å². The Morgan fingerprint density at radius 3 is 2.48 bits per heavy atom. The predicted octanol–water partition coefficient (Wildman–Crippen LogP) is 3.03. The smallest absolute Gasteiger partial charge is 0.313 e. The van der Waals surface area contributed by atoms with Crippen LogP contribution < -0.4 is 0 Å². The van der Waals surface area contributed by atoms with Gasteiger partial charge < -0.3 is 10.0 Å². The quantitative estimate of drug-likeness (QED) is 0.909. The molecule has 1 saturated carbocycles. The van der Waals surface area contributed by atoms with Gasteiger partial charge in [-0.25, -0.2) is 0 Å². The number of hydrogen-bond donors (Lipinski definition) is 1. The fourth-order valence-corrected chi connectivity index (χ4v) is 4.09. The minimum absolute atomic E-state index is 0.0139. The van der Waals surface area contributed by atoms with Crippen molar-refractivity contribution in [2.75, 3.05) is 0 Å². The molecule has 2 aliphatic rings. The molecule has 1 atom stereocenters. The van der Waals surface area contributed by atoms with Crippen LogP contribution in [-0.2, 0) is 4.79 Å². The highest BCUT2D eigenvalue weighted by Gasteiger charge is 2.51. The molecule has 0 aromatic heterocycles. The second kappa shape index (κ2) is 4.86. The number of amides is 1. The summed E-state index contributed by atoms with van der Waals surface area (Å²) < 4.78 is 0. The molecule has 4 heteroatoms. The minimum atomic E-state index is -0.858. The van der Waals surface area contributed by atoms with Crippen LogP contribution in [0, 0.1) is 0 Å². The van der Waals surface area contributed by atoms with E-state index in [2.05, 4.69) is 0 Å². The molecule has 1 aromatic rings. The van der Waals surface area contributed by atoms with Crippen LogP contribution >= 0.6 is 0 Å². The van der Waals surface area contributed by atoms with Crippen molar-refractivity contribution in [3.05, 3.63) is 35.4 Å². The molecule has 0 spiro atoms. The summed E-state index contributed by atoms with van der Waals surface area (Å²) in [5, 5.41) is 9.73. The second-order valence-corrected chi connectivity index (χ2v) is 6.63. The zero-order valence-corrected chi connectivity index (χ0v) is 12.5. The monoisotopic (exact) mass is 287 g/mol. The molecule has 1 unspecified atom stereocenters. The van der Waals surface area contributed by atoms with Crippen LogP contribution in [0.1, 0.15) is 61.4 Å². The Balaban J connectivity index is 2.15. The summed E-state index contributed by atoms with van der Waals surface area (Å²) in [6.07, 6.45) is 4.18. The molecular formula is C17H21NO3. The summed E-state index contributed by atoms with van der Waals surface area (Å²) in [7, 11) is 0. The number of carboxylic acids is 1. The van der Waals surface area contributed by atoms with Crippen molar-refractivity contribution in [2.24, 2.45) is 0 Å². The lowest BCUT2D eigenvalue weighted by atomic mass is 9.74. The Bertz CT molecular complexity index is 587. The maximum absolute atomic E-state index is 12.9. The lowest BCUT2D eigenvalue weighted by Crippen LogP contribution is -2.60. The van der Waals surface area contributed by atoms with Crippen LogP contribution in [0.5, 0.6) is 0 Å². The van der Waals surface area contributed by atoms with Crippen molar-refractivity contribution in [3.8, 4) is 0 Å². The van der Waals surface area contributed by atoms with Gasteiger partial charge in [-0.2, -0.15) is 0 Å². The maximum Gasteiger partial charge on any atom is 0.313 e. The highest BCUT2D eigenvalue weighted by Crippen LogP contribution is 2.44. The summed E-state index contributed by atoms with van der Waals surface area (Å²) in [6.45, 7) is 3.77. The maximum atomic E-state index is 12.9. The molecule has 1 amide bonds. The third-order valence-corrected chi connectivity index (χ3v) is 4.99. The zero-order chi connectivity index (χ0) is 15.2. The summed E-state index contributed by atoms with van der Waals surface area (Å²) in [5.41, 5.74) is 0.497. The number of carbonyl (C=O) groups excluding carboxylic acids is 1. The molecule has 3 rings (SSSR count). The number of carboxylic acid groups (broad SMARTS) is 1. The first-order valence-electron chi connectivity index (χ1n) is 7.60. The SMILES string of the molecule is CC1(C)C(C(=O)O)c2ccccc2C(=O)N1C1CCCC1. The van der Waals surface area contributed by atoms with E-state index in [1.54, 1.807) is 18.2 Å². The molecule has 0 saturated heterocycles. The van der Waals surface area contributed by atoms with Crippen molar-refractivity contribution in [2.45, 2.75) is 57.0 Å². The molecule has 21 heavy (non-hydrogen) atoms. The lowest BCUT2D eigenvalue weighted by molar-refractivity contribution is -0.142. The highest BCUT2D eigenvalue weighted by atomic mass is 16.4. The van der Waals surface area contributed by atoms with Gasteiger partial charge >= 0.3 is 5.97 Å². The number of carbonyl (C=O) groups is 2. The van der Waals surface area contributed by atoms with Gasteiger partial charge in [-0.3, -0.25) is 9.59 Å². The largest absolute Gasteiger partial charge is 0.481 e. The molecule has 1 N–H and O–H groups in total. The van der Waals surface area contributed by atoms with Crippen molar-refractivity contribution in [1.29, 1.82) is 0 Å². The summed E-state index contributed by atoms with van der Waals surface area (Å²) in [6, 6.07) is 7.32. The summed E-state index contributed by atoms with van der Waals surface area (Å²) in [4.78, 5) is 26.6. The van der Waals surface area contributed by atoms with Crippen LogP contribution in [0.4, 0.5) is 0 Å². The van der Waals surface area contributed by atoms with E-state index in [1.165, 1.54) is 0 Å². The Labute approximate surface area is 124 Å². The van der Waals surface area contributed by atoms with Gasteiger partial charge in [-0.15, -0.1) is 0 Å². The molecule has 1 aromatic carbocycles. The van der Waals surface area contributed by atoms with Crippen molar-refractivity contribution < 1.29 is 14.7 Å². The van der Waals surface area contributed by atoms with Crippen molar-refractivity contribution in [3.63, 3.8) is 0 Å². The Kier molecular flexibility index (Phi) is 3.27. The molecular weight excluding hydrogens is 266 g/mol. The first kappa shape index (κ1) is 14.1. The van der Waals surface area contributed by atoms with E-state index < -0.39 is 17.4 Å². The van der Waals surface area contributed by atoms with Crippen molar-refractivity contribution >= 4 is 11.9 Å². The van der Waals surface area contributed by atoms with Crippen LogP contribution in [0.3, 0.4) is 0 Å². The average Bonchev–Trinajstić information content (AvgIpc) is 2.91. The fourth-order valence-electron chi connectivity index (χ4n) is 4.09.